The Morgan fingerprint density at radius 2 is 2.23 bits per heavy atom. The molecule has 0 saturated carbocycles. The topological polar surface area (TPSA) is 70.6 Å². The molecule has 22 heavy (non-hydrogen) atoms. The Kier molecular flexibility index (Phi) is 8.28. The molecule has 1 saturated heterocycles. The number of carbonyl (C=O) groups is 1. The number of benzene rings is 1. The van der Waals surface area contributed by atoms with E-state index in [0.717, 1.165) is 0 Å². The summed E-state index contributed by atoms with van der Waals surface area (Å²) in [7, 11) is 0. The lowest BCUT2D eigenvalue weighted by atomic mass is 10.2. The Morgan fingerprint density at radius 1 is 1.45 bits per heavy atom. The maximum Gasteiger partial charge on any atom is 0.237 e. The van der Waals surface area contributed by atoms with Crippen LogP contribution in [0.3, 0.4) is 0 Å². The summed E-state index contributed by atoms with van der Waals surface area (Å²) in [6.45, 7) is 1.43. The number of hydrogen-bond donors (Lipinski definition) is 3. The molecule has 5 nitrogen and oxygen atoms in total. The van der Waals surface area contributed by atoms with Crippen molar-refractivity contribution >= 4 is 41.5 Å². The van der Waals surface area contributed by atoms with Gasteiger partial charge in [-0.05, 0) is 31.0 Å². The third-order valence-corrected chi connectivity index (χ3v) is 3.73. The van der Waals surface area contributed by atoms with E-state index >= 15 is 0 Å². The monoisotopic (exact) mass is 368 g/mol. The smallest absolute Gasteiger partial charge is 0.237 e. The second-order valence-corrected chi connectivity index (χ2v) is 5.76. The van der Waals surface area contributed by atoms with Crippen molar-refractivity contribution in [2.45, 2.75) is 25.0 Å². The van der Waals surface area contributed by atoms with E-state index in [1.807, 2.05) is 0 Å². The first-order valence-corrected chi connectivity index (χ1v) is 7.59. The maximum absolute atomic E-state index is 11.8. The number of β-amino-alcohol motifs (C(OH)–C–C–N with tert-alkyl or cyclic N) is 1. The summed E-state index contributed by atoms with van der Waals surface area (Å²) >= 11 is 11.8. The van der Waals surface area contributed by atoms with Crippen LogP contribution in [0, 0.1) is 0 Å². The fraction of sp³-hybridized carbons (Fsp3) is 0.500. The fourth-order valence-corrected chi connectivity index (χ4v) is 2.56. The van der Waals surface area contributed by atoms with Gasteiger partial charge in [-0.25, -0.2) is 0 Å². The van der Waals surface area contributed by atoms with Crippen molar-refractivity contribution in [3.05, 3.63) is 28.2 Å². The SMILES string of the molecule is Cl.O=C(NCCCOc1ccc(Cl)cc1Cl)C1CC(O)CN1. The van der Waals surface area contributed by atoms with Crippen LogP contribution in [0.1, 0.15) is 12.8 Å². The van der Waals surface area contributed by atoms with Crippen LogP contribution in [0.2, 0.25) is 10.0 Å². The van der Waals surface area contributed by atoms with Crippen molar-refractivity contribution < 1.29 is 14.6 Å². The van der Waals surface area contributed by atoms with Gasteiger partial charge in [0, 0.05) is 18.1 Å². The first kappa shape index (κ1) is 19.3. The largest absolute Gasteiger partial charge is 0.492 e. The normalized spacial score (nSPS) is 20.3. The molecule has 3 N–H and O–H groups in total. The van der Waals surface area contributed by atoms with Gasteiger partial charge in [-0.1, -0.05) is 23.2 Å². The molecule has 0 aliphatic carbocycles. The molecule has 124 valence electrons. The number of amides is 1. The highest BCUT2D eigenvalue weighted by atomic mass is 35.5. The summed E-state index contributed by atoms with van der Waals surface area (Å²) in [5, 5.41) is 16.1. The average Bonchev–Trinajstić information content (AvgIpc) is 2.87. The number of hydrogen-bond acceptors (Lipinski definition) is 4. The van der Waals surface area contributed by atoms with Crippen LogP contribution in [0.25, 0.3) is 0 Å². The molecule has 2 unspecified atom stereocenters. The van der Waals surface area contributed by atoms with Crippen molar-refractivity contribution in [1.82, 2.24) is 10.6 Å². The van der Waals surface area contributed by atoms with Crippen LogP contribution in [0.5, 0.6) is 5.75 Å². The van der Waals surface area contributed by atoms with Crippen LogP contribution in [-0.2, 0) is 4.79 Å². The predicted octanol–water partition coefficient (Wildman–Crippen LogP) is 2.02. The number of halogens is 3. The number of nitrogens with one attached hydrogen (secondary N) is 2. The number of aliphatic hydroxyl groups excluding tert-OH is 1. The van der Waals surface area contributed by atoms with E-state index in [1.54, 1.807) is 18.2 Å². The minimum absolute atomic E-state index is 0. The predicted molar refractivity (Wildman–Crippen MR) is 89.2 cm³/mol. The zero-order valence-electron chi connectivity index (χ0n) is 11.9. The Bertz CT molecular complexity index is 502. The molecule has 0 radical (unpaired) electrons. The van der Waals surface area contributed by atoms with Gasteiger partial charge in [0.1, 0.15) is 5.75 Å². The van der Waals surface area contributed by atoms with Crippen molar-refractivity contribution in [2.24, 2.45) is 0 Å². The summed E-state index contributed by atoms with van der Waals surface area (Å²) in [5.74, 6) is 0.490. The Balaban J connectivity index is 0.00000242. The second kappa shape index (κ2) is 9.43. The number of aliphatic hydroxyl groups is 1. The third-order valence-electron chi connectivity index (χ3n) is 3.20. The molecule has 1 aromatic carbocycles. The summed E-state index contributed by atoms with van der Waals surface area (Å²) in [4.78, 5) is 11.8. The van der Waals surface area contributed by atoms with Gasteiger partial charge >= 0.3 is 0 Å². The van der Waals surface area contributed by atoms with Gasteiger partial charge in [0.25, 0.3) is 0 Å². The molecule has 8 heteroatoms. The van der Waals surface area contributed by atoms with Crippen LogP contribution in [0.4, 0.5) is 0 Å². The van der Waals surface area contributed by atoms with E-state index in [9.17, 15) is 9.90 Å². The highest BCUT2D eigenvalue weighted by Gasteiger charge is 2.27. The first-order chi connectivity index (χ1) is 10.1. The maximum atomic E-state index is 11.8. The molecule has 1 aliphatic heterocycles. The minimum atomic E-state index is -0.434. The van der Waals surface area contributed by atoms with Gasteiger partial charge in [0.05, 0.1) is 23.8 Å². The highest BCUT2D eigenvalue weighted by Crippen LogP contribution is 2.27. The lowest BCUT2D eigenvalue weighted by molar-refractivity contribution is -0.122. The molecular formula is C14H19Cl3N2O3. The molecular weight excluding hydrogens is 351 g/mol. The van der Waals surface area contributed by atoms with Crippen LogP contribution < -0.4 is 15.4 Å². The van der Waals surface area contributed by atoms with E-state index in [2.05, 4.69) is 10.6 Å². The molecule has 0 spiro atoms. The highest BCUT2D eigenvalue weighted by molar-refractivity contribution is 6.35. The number of ether oxygens (including phenoxy) is 1. The second-order valence-electron chi connectivity index (χ2n) is 4.92. The fourth-order valence-electron chi connectivity index (χ4n) is 2.10. The molecule has 0 aromatic heterocycles. The van der Waals surface area contributed by atoms with Gasteiger partial charge in [0.15, 0.2) is 0 Å². The summed E-state index contributed by atoms with van der Waals surface area (Å²) in [5.41, 5.74) is 0. The van der Waals surface area contributed by atoms with Crippen molar-refractivity contribution in [2.75, 3.05) is 19.7 Å². The minimum Gasteiger partial charge on any atom is -0.492 e. The van der Waals surface area contributed by atoms with Gasteiger partial charge in [0.2, 0.25) is 5.91 Å². The number of rotatable bonds is 6. The molecule has 1 fully saturated rings. The van der Waals surface area contributed by atoms with Gasteiger partial charge in [-0.2, -0.15) is 0 Å². The Morgan fingerprint density at radius 3 is 2.86 bits per heavy atom. The number of carbonyl (C=O) groups excluding carboxylic acids is 1. The molecule has 1 heterocycles. The van der Waals surface area contributed by atoms with E-state index in [-0.39, 0.29) is 24.4 Å². The summed E-state index contributed by atoms with van der Waals surface area (Å²) in [6.07, 6.45) is 0.694. The first-order valence-electron chi connectivity index (χ1n) is 6.83. The van der Waals surface area contributed by atoms with Crippen molar-refractivity contribution in [1.29, 1.82) is 0 Å². The van der Waals surface area contributed by atoms with Crippen LogP contribution >= 0.6 is 35.6 Å². The summed E-state index contributed by atoms with van der Waals surface area (Å²) in [6, 6.07) is 4.75. The lowest BCUT2D eigenvalue weighted by Gasteiger charge is -2.12. The standard InChI is InChI=1S/C14H18Cl2N2O3.ClH/c15-9-2-3-13(11(16)6-9)21-5-1-4-17-14(20)12-7-10(19)8-18-12;/h2-3,6,10,12,18-19H,1,4-5,7-8H2,(H,17,20);1H. The Labute approximate surface area is 145 Å². The average molecular weight is 370 g/mol. The van der Waals surface area contributed by atoms with Crippen LogP contribution in [0.15, 0.2) is 18.2 Å². The van der Waals surface area contributed by atoms with E-state index in [4.69, 9.17) is 27.9 Å². The third kappa shape index (κ3) is 5.82. The van der Waals surface area contributed by atoms with Crippen molar-refractivity contribution in [3.8, 4) is 5.75 Å². The molecule has 1 aliphatic rings. The molecule has 1 amide bonds. The van der Waals surface area contributed by atoms with E-state index in [0.29, 0.717) is 48.3 Å². The molecule has 0 bridgehead atoms. The zero-order chi connectivity index (χ0) is 15.2. The lowest BCUT2D eigenvalue weighted by Crippen LogP contribution is -2.40. The zero-order valence-corrected chi connectivity index (χ0v) is 14.2. The van der Waals surface area contributed by atoms with Gasteiger partial charge in [-0.15, -0.1) is 12.4 Å². The van der Waals surface area contributed by atoms with Crippen molar-refractivity contribution in [3.63, 3.8) is 0 Å². The molecule has 2 rings (SSSR count). The Hall–Kier alpha value is -0.720. The van der Waals surface area contributed by atoms with Gasteiger partial charge < -0.3 is 20.5 Å². The van der Waals surface area contributed by atoms with E-state index < -0.39 is 6.10 Å². The summed E-state index contributed by atoms with van der Waals surface area (Å²) < 4.78 is 5.52. The quantitative estimate of drug-likeness (QED) is 0.671. The van der Waals surface area contributed by atoms with E-state index in [1.165, 1.54) is 0 Å². The van der Waals surface area contributed by atoms with Gasteiger partial charge in [-0.3, -0.25) is 4.79 Å². The molecule has 1 aromatic rings. The molecule has 2 atom stereocenters. The van der Waals surface area contributed by atoms with Crippen LogP contribution in [-0.4, -0.2) is 42.9 Å².